The molecular weight excluding hydrogens is 845 g/mol. The van der Waals surface area contributed by atoms with Gasteiger partial charge in [-0.05, 0) is 103 Å². The van der Waals surface area contributed by atoms with E-state index in [1.54, 1.807) is 0 Å². The van der Waals surface area contributed by atoms with Gasteiger partial charge < -0.3 is 22.8 Å². The third-order valence-corrected chi connectivity index (χ3v) is 14.1. The Morgan fingerprint density at radius 3 is 1.00 bits per heavy atom. The van der Waals surface area contributed by atoms with Crippen molar-refractivity contribution >= 4 is 87.2 Å². The number of hydrogen-bond donors (Lipinski definition) is 0. The molecule has 10 aromatic carbocycles. The van der Waals surface area contributed by atoms with Crippen LogP contribution in [0.25, 0.3) is 133 Å². The highest BCUT2D eigenvalue weighted by Crippen LogP contribution is 2.41. The maximum absolute atomic E-state index is 5.99. The number of nitrogens with zero attached hydrogens (tertiary/aromatic N) is 6. The van der Waals surface area contributed by atoms with Gasteiger partial charge in [-0.2, -0.15) is 4.98 Å². The van der Waals surface area contributed by atoms with Crippen LogP contribution in [0, 0.1) is 0 Å². The van der Waals surface area contributed by atoms with Crippen molar-refractivity contribution < 1.29 is 4.52 Å². The van der Waals surface area contributed by atoms with E-state index in [-0.39, 0.29) is 0 Å². The molecule has 69 heavy (non-hydrogen) atoms. The number of para-hydroxylation sites is 6. The Kier molecular flexibility index (Phi) is 7.94. The molecule has 7 heteroatoms. The van der Waals surface area contributed by atoms with Crippen molar-refractivity contribution in [1.29, 1.82) is 0 Å². The van der Waals surface area contributed by atoms with Crippen molar-refractivity contribution in [3.05, 3.63) is 231 Å². The highest BCUT2D eigenvalue weighted by Gasteiger charge is 2.22. The largest absolute Gasteiger partial charge is 0.334 e. The van der Waals surface area contributed by atoms with Crippen LogP contribution < -0.4 is 0 Å². The third kappa shape index (κ3) is 5.56. The zero-order valence-corrected chi connectivity index (χ0v) is 37.0. The zero-order chi connectivity index (χ0) is 45.2. The summed E-state index contributed by atoms with van der Waals surface area (Å²) in [6.07, 6.45) is 0. The van der Waals surface area contributed by atoms with E-state index in [9.17, 15) is 0 Å². The quantitative estimate of drug-likeness (QED) is 0.167. The molecule has 0 bridgehead atoms. The Morgan fingerprint density at radius 2 is 0.594 bits per heavy atom. The van der Waals surface area contributed by atoms with Gasteiger partial charge in [0, 0.05) is 77.0 Å². The van der Waals surface area contributed by atoms with Gasteiger partial charge in [-0.1, -0.05) is 133 Å². The molecule has 0 aliphatic rings. The summed E-state index contributed by atoms with van der Waals surface area (Å²) in [5, 5.41) is 14.3. The Hall–Kier alpha value is -9.46. The molecule has 7 nitrogen and oxygen atoms in total. The highest BCUT2D eigenvalue weighted by atomic mass is 16.5. The molecule has 0 saturated heterocycles. The first kappa shape index (κ1) is 37.7. The predicted octanol–water partition coefficient (Wildman–Crippen LogP) is 15.8. The molecule has 5 heterocycles. The van der Waals surface area contributed by atoms with Crippen LogP contribution in [0.15, 0.2) is 235 Å². The monoisotopic (exact) mass is 882 g/mol. The van der Waals surface area contributed by atoms with Gasteiger partial charge in [-0.15, -0.1) is 0 Å². The summed E-state index contributed by atoms with van der Waals surface area (Å²) in [4.78, 5) is 5.02. The second-order valence-electron chi connectivity index (χ2n) is 17.9. The van der Waals surface area contributed by atoms with Gasteiger partial charge >= 0.3 is 0 Å². The van der Waals surface area contributed by atoms with Gasteiger partial charge in [0.25, 0.3) is 5.89 Å². The summed E-state index contributed by atoms with van der Waals surface area (Å²) in [5.41, 5.74) is 15.0. The average molecular weight is 883 g/mol. The molecule has 0 saturated carbocycles. The first-order chi connectivity index (χ1) is 34.2. The topological polar surface area (TPSA) is 58.6 Å². The molecule has 0 aliphatic heterocycles. The molecule has 0 amide bonds. The maximum Gasteiger partial charge on any atom is 0.258 e. The first-order valence-corrected chi connectivity index (χ1v) is 23.3. The van der Waals surface area contributed by atoms with Crippen LogP contribution in [0.5, 0.6) is 0 Å². The van der Waals surface area contributed by atoms with E-state index in [1.165, 1.54) is 54.4 Å². The fraction of sp³-hybridized carbons (Fsp3) is 0. The summed E-state index contributed by atoms with van der Waals surface area (Å²) in [6, 6.07) is 82.6. The fourth-order valence-corrected chi connectivity index (χ4v) is 11.2. The van der Waals surface area contributed by atoms with Crippen molar-refractivity contribution in [3.63, 3.8) is 0 Å². The van der Waals surface area contributed by atoms with Crippen molar-refractivity contribution in [2.24, 2.45) is 0 Å². The number of benzene rings is 10. The minimum absolute atomic E-state index is 0.474. The van der Waals surface area contributed by atoms with Crippen molar-refractivity contribution in [1.82, 2.24) is 28.4 Å². The van der Waals surface area contributed by atoms with E-state index in [0.717, 1.165) is 66.7 Å². The molecule has 0 aliphatic carbocycles. The normalized spacial score (nSPS) is 12.1. The second kappa shape index (κ2) is 14.5. The zero-order valence-electron chi connectivity index (χ0n) is 37.0. The summed E-state index contributed by atoms with van der Waals surface area (Å²) in [6.45, 7) is 0. The lowest BCUT2D eigenvalue weighted by molar-refractivity contribution is 0.432. The smallest absolute Gasteiger partial charge is 0.258 e. The number of fused-ring (bicyclic) bond motifs is 12. The lowest BCUT2D eigenvalue weighted by Crippen LogP contribution is -2.01. The SMILES string of the molecule is c1ccc(-c2nc(-c3cc(-n4c5ccccc5c5cc(-n6c7ccccc7c7ccccc76)ccc54)cc(-n4c5ccccc5c5cc(-n6c7ccccc7c7ccccc76)ccc54)c3)no2)cc1. The summed E-state index contributed by atoms with van der Waals surface area (Å²) in [5.74, 6) is 0.988. The Bertz CT molecular complexity index is 4210. The lowest BCUT2D eigenvalue weighted by atomic mass is 10.1. The predicted molar refractivity (Wildman–Crippen MR) is 283 cm³/mol. The van der Waals surface area contributed by atoms with Gasteiger partial charge in [-0.25, -0.2) is 0 Å². The van der Waals surface area contributed by atoms with Crippen molar-refractivity contribution in [2.45, 2.75) is 0 Å². The average Bonchev–Trinajstić information content (AvgIpc) is 4.24. The molecule has 0 unspecified atom stereocenters. The maximum atomic E-state index is 5.99. The van der Waals surface area contributed by atoms with Gasteiger partial charge in [-0.3, -0.25) is 0 Å². The molecule has 0 radical (unpaired) electrons. The molecule has 0 spiro atoms. The van der Waals surface area contributed by atoms with E-state index in [0.29, 0.717) is 11.7 Å². The lowest BCUT2D eigenvalue weighted by Gasteiger charge is -2.15. The molecule has 15 aromatic rings. The van der Waals surface area contributed by atoms with E-state index in [4.69, 9.17) is 9.51 Å². The van der Waals surface area contributed by atoms with E-state index in [2.05, 4.69) is 224 Å². The minimum Gasteiger partial charge on any atom is -0.334 e. The Balaban J connectivity index is 0.976. The fourth-order valence-electron chi connectivity index (χ4n) is 11.2. The third-order valence-electron chi connectivity index (χ3n) is 14.1. The Morgan fingerprint density at radius 1 is 0.261 bits per heavy atom. The molecule has 15 rings (SSSR count). The Labute approximate surface area is 394 Å². The summed E-state index contributed by atoms with van der Waals surface area (Å²) >= 11 is 0. The van der Waals surface area contributed by atoms with Crippen molar-refractivity contribution in [3.8, 4) is 45.6 Å². The van der Waals surface area contributed by atoms with Gasteiger partial charge in [0.1, 0.15) is 0 Å². The first-order valence-electron chi connectivity index (χ1n) is 23.3. The standard InChI is InChI=1S/C62H38N6O/c1-2-16-39(17-3-1)62-63-61(64-69-62)40-34-43(67-57-28-14-8-22-49(57)51-37-41(30-32-59(51)67)65-53-24-10-4-18-45(53)46-19-5-11-25-54(46)65)36-44(35-40)68-58-29-15-9-23-50(58)52-38-42(31-33-60(52)68)66-55-26-12-6-20-47(55)48-21-7-13-27-56(48)66/h1-38H. The molecule has 0 N–H and O–H groups in total. The number of aromatic nitrogens is 6. The van der Waals surface area contributed by atoms with E-state index < -0.39 is 0 Å². The summed E-state index contributed by atoms with van der Waals surface area (Å²) < 4.78 is 15.6. The molecule has 5 aromatic heterocycles. The highest BCUT2D eigenvalue weighted by molar-refractivity contribution is 6.14. The van der Waals surface area contributed by atoms with Gasteiger partial charge in [0.05, 0.1) is 44.1 Å². The second-order valence-corrected chi connectivity index (χ2v) is 17.9. The van der Waals surface area contributed by atoms with Crippen molar-refractivity contribution in [2.75, 3.05) is 0 Å². The van der Waals surface area contributed by atoms with Gasteiger partial charge in [0.15, 0.2) is 0 Å². The van der Waals surface area contributed by atoms with E-state index in [1.807, 2.05) is 30.3 Å². The van der Waals surface area contributed by atoms with E-state index >= 15 is 0 Å². The van der Waals surface area contributed by atoms with Crippen LogP contribution in [0.4, 0.5) is 0 Å². The van der Waals surface area contributed by atoms with Crippen LogP contribution in [-0.2, 0) is 0 Å². The number of rotatable bonds is 6. The van der Waals surface area contributed by atoms with Crippen LogP contribution in [0.3, 0.4) is 0 Å². The molecule has 0 fully saturated rings. The van der Waals surface area contributed by atoms with Gasteiger partial charge in [0.2, 0.25) is 5.82 Å². The molecular formula is C62H38N6O. The molecule has 322 valence electrons. The molecule has 0 atom stereocenters. The number of hydrogen-bond acceptors (Lipinski definition) is 3. The van der Waals surface area contributed by atoms with Crippen LogP contribution in [-0.4, -0.2) is 28.4 Å². The van der Waals surface area contributed by atoms with Crippen LogP contribution in [0.1, 0.15) is 0 Å². The van der Waals surface area contributed by atoms with Crippen LogP contribution in [0.2, 0.25) is 0 Å². The minimum atomic E-state index is 0.474. The summed E-state index contributed by atoms with van der Waals surface area (Å²) in [7, 11) is 0. The van der Waals surface area contributed by atoms with Crippen LogP contribution >= 0.6 is 0 Å².